The molecule has 0 atom stereocenters. The second-order valence-corrected chi connectivity index (χ2v) is 4.78. The molecule has 0 saturated carbocycles. The second-order valence-electron chi connectivity index (χ2n) is 3.79. The largest absolute Gasteiger partial charge is 0.461 e. The molecule has 0 aromatic carbocycles. The lowest BCUT2D eigenvalue weighted by molar-refractivity contribution is 0.574. The molecule has 0 spiro atoms. The van der Waals surface area contributed by atoms with Gasteiger partial charge in [-0.1, -0.05) is 25.2 Å². The fourth-order valence-electron chi connectivity index (χ4n) is 1.42. The van der Waals surface area contributed by atoms with Gasteiger partial charge in [-0.25, -0.2) is 0 Å². The zero-order valence-electron chi connectivity index (χ0n) is 8.91. The van der Waals surface area contributed by atoms with Gasteiger partial charge in [0.1, 0.15) is 5.01 Å². The monoisotopic (exact) mass is 234 g/mol. The van der Waals surface area contributed by atoms with Gasteiger partial charge in [0.15, 0.2) is 5.76 Å². The van der Waals surface area contributed by atoms with Crippen molar-refractivity contribution in [2.45, 2.75) is 19.8 Å². The van der Waals surface area contributed by atoms with Crippen LogP contribution in [0, 0.1) is 0 Å². The zero-order chi connectivity index (χ0) is 11.1. The molecule has 0 aliphatic carbocycles. The molecule has 0 fully saturated rings. The molecular weight excluding hydrogens is 224 g/mol. The van der Waals surface area contributed by atoms with E-state index in [9.17, 15) is 0 Å². The van der Waals surface area contributed by atoms with Crippen LogP contribution in [-0.4, -0.2) is 19.8 Å². The predicted octanol–water partition coefficient (Wildman–Crippen LogP) is 2.57. The Labute approximate surface area is 95.7 Å². The maximum atomic E-state index is 5.30. The second kappa shape index (κ2) is 3.41. The van der Waals surface area contributed by atoms with Crippen LogP contribution in [0.25, 0.3) is 16.5 Å². The number of hydrogen-bond acceptors (Lipinski definition) is 5. The summed E-state index contributed by atoms with van der Waals surface area (Å²) in [4.78, 5) is 0.801. The fourth-order valence-corrected chi connectivity index (χ4v) is 2.27. The van der Waals surface area contributed by atoms with Gasteiger partial charge in [-0.05, 0) is 12.1 Å². The molecule has 82 valence electrons. The molecule has 3 aromatic rings. The van der Waals surface area contributed by atoms with Gasteiger partial charge in [-0.3, -0.25) is 0 Å². The standard InChI is InChI=1S/C10H10N4OS/c1-6(2)9-13-14-8(7-4-3-5-15-7)11-12-10(14)16-9/h3-6H,1-2H3. The third-order valence-electron chi connectivity index (χ3n) is 2.24. The number of fused-ring (bicyclic) bond motifs is 1. The van der Waals surface area contributed by atoms with Gasteiger partial charge in [-0.15, -0.1) is 10.2 Å². The lowest BCUT2D eigenvalue weighted by atomic mass is 10.2. The summed E-state index contributed by atoms with van der Waals surface area (Å²) in [6.07, 6.45) is 1.62. The highest BCUT2D eigenvalue weighted by atomic mass is 32.1. The van der Waals surface area contributed by atoms with E-state index in [1.54, 1.807) is 22.1 Å². The molecule has 0 radical (unpaired) electrons. The van der Waals surface area contributed by atoms with Crippen molar-refractivity contribution in [1.29, 1.82) is 0 Å². The first-order valence-corrected chi connectivity index (χ1v) is 5.83. The molecule has 0 amide bonds. The van der Waals surface area contributed by atoms with Crippen molar-refractivity contribution < 1.29 is 4.42 Å². The van der Waals surface area contributed by atoms with Gasteiger partial charge >= 0.3 is 0 Å². The summed E-state index contributed by atoms with van der Waals surface area (Å²) in [5, 5.41) is 13.7. The molecular formula is C10H10N4OS. The maximum absolute atomic E-state index is 5.30. The molecule has 3 aromatic heterocycles. The molecule has 3 heterocycles. The number of nitrogens with zero attached hydrogens (tertiary/aromatic N) is 4. The van der Waals surface area contributed by atoms with Crippen molar-refractivity contribution in [3.63, 3.8) is 0 Å². The van der Waals surface area contributed by atoms with Crippen LogP contribution in [0.2, 0.25) is 0 Å². The summed E-state index contributed by atoms with van der Waals surface area (Å²) in [7, 11) is 0. The topological polar surface area (TPSA) is 56.2 Å². The molecule has 3 rings (SSSR count). The molecule has 0 aliphatic rings. The number of furan rings is 1. The summed E-state index contributed by atoms with van der Waals surface area (Å²) in [6.45, 7) is 4.22. The van der Waals surface area contributed by atoms with Crippen molar-refractivity contribution in [1.82, 2.24) is 19.8 Å². The van der Waals surface area contributed by atoms with Crippen LogP contribution in [0.5, 0.6) is 0 Å². The van der Waals surface area contributed by atoms with Crippen molar-refractivity contribution in [2.24, 2.45) is 0 Å². The highest BCUT2D eigenvalue weighted by Crippen LogP contribution is 2.25. The minimum Gasteiger partial charge on any atom is -0.461 e. The first kappa shape index (κ1) is 9.53. The van der Waals surface area contributed by atoms with Crippen LogP contribution in [0.15, 0.2) is 22.8 Å². The Bertz CT molecular complexity index is 608. The SMILES string of the molecule is CC(C)c1nn2c(-c3ccco3)nnc2s1. The number of aromatic nitrogens is 4. The van der Waals surface area contributed by atoms with Crippen LogP contribution >= 0.6 is 11.3 Å². The summed E-state index contributed by atoms with van der Waals surface area (Å²) < 4.78 is 7.03. The Balaban J connectivity index is 2.19. The normalized spacial score (nSPS) is 11.7. The van der Waals surface area contributed by atoms with Gasteiger partial charge in [0, 0.05) is 5.92 Å². The fraction of sp³-hybridized carbons (Fsp3) is 0.300. The van der Waals surface area contributed by atoms with E-state index in [0.717, 1.165) is 9.97 Å². The van der Waals surface area contributed by atoms with Gasteiger partial charge in [-0.2, -0.15) is 9.61 Å². The lowest BCUT2D eigenvalue weighted by Gasteiger charge is -1.95. The molecule has 16 heavy (non-hydrogen) atoms. The van der Waals surface area contributed by atoms with E-state index in [1.807, 2.05) is 12.1 Å². The molecule has 0 saturated heterocycles. The average Bonchev–Trinajstić information content (AvgIpc) is 2.92. The molecule has 0 bridgehead atoms. The van der Waals surface area contributed by atoms with Crippen LogP contribution in [0.3, 0.4) is 0 Å². The van der Waals surface area contributed by atoms with Crippen molar-refractivity contribution in [3.8, 4) is 11.6 Å². The Morgan fingerprint density at radius 2 is 2.25 bits per heavy atom. The number of hydrogen-bond donors (Lipinski definition) is 0. The van der Waals surface area contributed by atoms with Gasteiger partial charge < -0.3 is 4.42 Å². The van der Waals surface area contributed by atoms with Crippen LogP contribution in [0.4, 0.5) is 0 Å². The Kier molecular flexibility index (Phi) is 2.03. The predicted molar refractivity (Wildman–Crippen MR) is 60.5 cm³/mol. The van der Waals surface area contributed by atoms with E-state index < -0.39 is 0 Å². The van der Waals surface area contributed by atoms with Crippen LogP contribution in [0.1, 0.15) is 24.8 Å². The Hall–Kier alpha value is -1.69. The van der Waals surface area contributed by atoms with E-state index in [-0.39, 0.29) is 0 Å². The van der Waals surface area contributed by atoms with E-state index in [1.165, 1.54) is 0 Å². The van der Waals surface area contributed by atoms with Crippen LogP contribution < -0.4 is 0 Å². The average molecular weight is 234 g/mol. The maximum Gasteiger partial charge on any atom is 0.235 e. The van der Waals surface area contributed by atoms with E-state index in [2.05, 4.69) is 29.1 Å². The minimum absolute atomic E-state index is 0.399. The van der Waals surface area contributed by atoms with Crippen molar-refractivity contribution in [2.75, 3.05) is 0 Å². The van der Waals surface area contributed by atoms with Gasteiger partial charge in [0.25, 0.3) is 0 Å². The summed E-state index contributed by atoms with van der Waals surface area (Å²) >= 11 is 1.56. The lowest BCUT2D eigenvalue weighted by Crippen LogP contribution is -1.92. The summed E-state index contributed by atoms with van der Waals surface area (Å²) in [5.74, 6) is 1.74. The van der Waals surface area contributed by atoms with E-state index >= 15 is 0 Å². The first-order chi connectivity index (χ1) is 7.75. The molecule has 6 heteroatoms. The highest BCUT2D eigenvalue weighted by Gasteiger charge is 2.16. The first-order valence-electron chi connectivity index (χ1n) is 5.01. The Morgan fingerprint density at radius 3 is 2.94 bits per heavy atom. The highest BCUT2D eigenvalue weighted by molar-refractivity contribution is 7.16. The molecule has 0 unspecified atom stereocenters. The minimum atomic E-state index is 0.399. The summed E-state index contributed by atoms with van der Waals surface area (Å²) in [6, 6.07) is 3.68. The van der Waals surface area contributed by atoms with Crippen molar-refractivity contribution >= 4 is 16.3 Å². The van der Waals surface area contributed by atoms with E-state index in [4.69, 9.17) is 4.42 Å². The third-order valence-corrected chi connectivity index (χ3v) is 3.44. The molecule has 0 N–H and O–H groups in total. The molecule has 5 nitrogen and oxygen atoms in total. The molecule has 0 aliphatic heterocycles. The van der Waals surface area contributed by atoms with E-state index in [0.29, 0.717) is 17.5 Å². The quantitative estimate of drug-likeness (QED) is 0.683. The zero-order valence-corrected chi connectivity index (χ0v) is 9.73. The Morgan fingerprint density at radius 1 is 1.38 bits per heavy atom. The van der Waals surface area contributed by atoms with Gasteiger partial charge in [0.05, 0.1) is 6.26 Å². The van der Waals surface area contributed by atoms with Gasteiger partial charge in [0.2, 0.25) is 10.8 Å². The number of rotatable bonds is 2. The third kappa shape index (κ3) is 1.34. The van der Waals surface area contributed by atoms with Crippen molar-refractivity contribution in [3.05, 3.63) is 23.4 Å². The van der Waals surface area contributed by atoms with Crippen LogP contribution in [-0.2, 0) is 0 Å². The smallest absolute Gasteiger partial charge is 0.235 e. The summed E-state index contributed by atoms with van der Waals surface area (Å²) in [5.41, 5.74) is 0.